The lowest BCUT2D eigenvalue weighted by Crippen LogP contribution is -2.40. The quantitative estimate of drug-likeness (QED) is 0.868. The van der Waals surface area contributed by atoms with E-state index in [4.69, 9.17) is 11.5 Å². The van der Waals surface area contributed by atoms with Crippen molar-refractivity contribution in [3.8, 4) is 10.4 Å². The molecular weight excluding hydrogens is 334 g/mol. The number of nitrogens with two attached hydrogens (primary N) is 2. The van der Waals surface area contributed by atoms with E-state index in [-0.39, 0.29) is 11.5 Å². The third kappa shape index (κ3) is 3.32. The first-order valence-corrected chi connectivity index (χ1v) is 9.74. The Kier molecular flexibility index (Phi) is 4.03. The zero-order chi connectivity index (χ0) is 16.6. The molecule has 0 atom stereocenters. The number of carbonyl (C=O) groups is 1. The number of nitrogen functional groups attached to an aromatic ring is 1. The standard InChI is InChI=1S/C15H17N3O3S2/c16-14(19)12-9-13(22-15(12)17)10-1-3-11(4-2-10)18-5-7-23(20,21)8-6-18/h1-4,9H,5-8,17H2,(H2,16,19). The predicted octanol–water partition coefficient (Wildman–Crippen LogP) is 1.33. The zero-order valence-electron chi connectivity index (χ0n) is 12.4. The Morgan fingerprint density at radius 2 is 1.74 bits per heavy atom. The first-order chi connectivity index (χ1) is 10.9. The maximum Gasteiger partial charge on any atom is 0.251 e. The van der Waals surface area contributed by atoms with Crippen molar-refractivity contribution in [2.24, 2.45) is 5.73 Å². The molecule has 0 spiro atoms. The molecule has 0 bridgehead atoms. The van der Waals surface area contributed by atoms with Crippen LogP contribution in [0.15, 0.2) is 30.3 Å². The number of nitrogens with zero attached hydrogens (tertiary/aromatic N) is 1. The maximum absolute atomic E-state index is 11.5. The lowest BCUT2D eigenvalue weighted by Gasteiger charge is -2.28. The number of primary amides is 1. The second-order valence-corrected chi connectivity index (χ2v) is 8.83. The van der Waals surface area contributed by atoms with Gasteiger partial charge in [-0.3, -0.25) is 4.79 Å². The minimum Gasteiger partial charge on any atom is -0.390 e. The molecular formula is C15H17N3O3S2. The van der Waals surface area contributed by atoms with Crippen LogP contribution in [-0.2, 0) is 9.84 Å². The van der Waals surface area contributed by atoms with Crippen LogP contribution in [0.5, 0.6) is 0 Å². The fourth-order valence-electron chi connectivity index (χ4n) is 2.55. The topological polar surface area (TPSA) is 106 Å². The van der Waals surface area contributed by atoms with Crippen molar-refractivity contribution in [2.45, 2.75) is 0 Å². The van der Waals surface area contributed by atoms with E-state index in [1.165, 1.54) is 11.3 Å². The van der Waals surface area contributed by atoms with Gasteiger partial charge in [-0.1, -0.05) is 12.1 Å². The molecule has 1 fully saturated rings. The number of hydrogen-bond acceptors (Lipinski definition) is 6. The van der Waals surface area contributed by atoms with Gasteiger partial charge >= 0.3 is 0 Å². The Labute approximate surface area is 138 Å². The number of rotatable bonds is 3. The minimum absolute atomic E-state index is 0.193. The maximum atomic E-state index is 11.5. The Hall–Kier alpha value is -2.06. The minimum atomic E-state index is -2.88. The van der Waals surface area contributed by atoms with Gasteiger partial charge in [-0.05, 0) is 23.8 Å². The number of amides is 1. The van der Waals surface area contributed by atoms with Crippen LogP contribution < -0.4 is 16.4 Å². The van der Waals surface area contributed by atoms with Crippen LogP contribution in [0.1, 0.15) is 10.4 Å². The number of carbonyl (C=O) groups excluding carboxylic acids is 1. The number of thiophene rings is 1. The predicted molar refractivity (Wildman–Crippen MR) is 93.6 cm³/mol. The first-order valence-electron chi connectivity index (χ1n) is 7.11. The highest BCUT2D eigenvalue weighted by atomic mass is 32.2. The second kappa shape index (κ2) is 5.86. The van der Waals surface area contributed by atoms with Gasteiger partial charge in [-0.25, -0.2) is 8.42 Å². The third-order valence-corrected chi connectivity index (χ3v) is 6.51. The zero-order valence-corrected chi connectivity index (χ0v) is 14.0. The Balaban J connectivity index is 1.80. The van der Waals surface area contributed by atoms with Crippen LogP contribution in [0.4, 0.5) is 10.7 Å². The summed E-state index contributed by atoms with van der Waals surface area (Å²) in [6.45, 7) is 1.03. The molecule has 0 aliphatic carbocycles. The van der Waals surface area contributed by atoms with Crippen LogP contribution in [0, 0.1) is 0 Å². The van der Waals surface area contributed by atoms with Gasteiger partial charge in [0.25, 0.3) is 5.91 Å². The molecule has 4 N–H and O–H groups in total. The van der Waals surface area contributed by atoms with Crippen molar-refractivity contribution in [1.29, 1.82) is 0 Å². The molecule has 0 radical (unpaired) electrons. The highest BCUT2D eigenvalue weighted by molar-refractivity contribution is 7.91. The molecule has 122 valence electrons. The first kappa shape index (κ1) is 15.8. The van der Waals surface area contributed by atoms with E-state index in [1.54, 1.807) is 6.07 Å². The SMILES string of the molecule is NC(=O)c1cc(-c2ccc(N3CCS(=O)(=O)CC3)cc2)sc1N. The summed E-state index contributed by atoms with van der Waals surface area (Å²) in [5, 5.41) is 0.415. The monoisotopic (exact) mass is 351 g/mol. The average Bonchev–Trinajstić information content (AvgIpc) is 2.90. The molecule has 0 saturated carbocycles. The molecule has 2 aromatic rings. The van der Waals surface area contributed by atoms with Crippen molar-refractivity contribution in [3.63, 3.8) is 0 Å². The van der Waals surface area contributed by atoms with Crippen molar-refractivity contribution in [3.05, 3.63) is 35.9 Å². The Morgan fingerprint density at radius 3 is 2.26 bits per heavy atom. The molecule has 1 amide bonds. The Bertz CT molecular complexity index is 827. The average molecular weight is 351 g/mol. The van der Waals surface area contributed by atoms with Crippen LogP contribution >= 0.6 is 11.3 Å². The van der Waals surface area contributed by atoms with E-state index in [2.05, 4.69) is 4.90 Å². The van der Waals surface area contributed by atoms with Crippen molar-refractivity contribution >= 4 is 37.8 Å². The van der Waals surface area contributed by atoms with Crippen molar-refractivity contribution < 1.29 is 13.2 Å². The molecule has 8 heteroatoms. The van der Waals surface area contributed by atoms with Gasteiger partial charge < -0.3 is 16.4 Å². The fraction of sp³-hybridized carbons (Fsp3) is 0.267. The molecule has 0 unspecified atom stereocenters. The van der Waals surface area contributed by atoms with Crippen LogP contribution in [0.3, 0.4) is 0 Å². The van der Waals surface area contributed by atoms with Gasteiger partial charge in [0.05, 0.1) is 22.1 Å². The molecule has 6 nitrogen and oxygen atoms in total. The lowest BCUT2D eigenvalue weighted by molar-refractivity contribution is 0.100. The third-order valence-electron chi connectivity index (χ3n) is 3.89. The van der Waals surface area contributed by atoms with Gasteiger partial charge in [0, 0.05) is 23.7 Å². The summed E-state index contributed by atoms with van der Waals surface area (Å²) in [5.41, 5.74) is 13.4. The highest BCUT2D eigenvalue weighted by Gasteiger charge is 2.21. The normalized spacial score (nSPS) is 17.1. The largest absolute Gasteiger partial charge is 0.390 e. The van der Waals surface area contributed by atoms with E-state index in [0.29, 0.717) is 23.7 Å². The van der Waals surface area contributed by atoms with Crippen molar-refractivity contribution in [1.82, 2.24) is 0 Å². The number of hydrogen-bond donors (Lipinski definition) is 2. The second-order valence-electron chi connectivity index (χ2n) is 5.44. The van der Waals surface area contributed by atoms with Gasteiger partial charge in [-0.15, -0.1) is 11.3 Å². The van der Waals surface area contributed by atoms with Crippen LogP contribution in [0.2, 0.25) is 0 Å². The van der Waals surface area contributed by atoms with E-state index in [9.17, 15) is 13.2 Å². The highest BCUT2D eigenvalue weighted by Crippen LogP contribution is 2.34. The smallest absolute Gasteiger partial charge is 0.251 e. The summed E-state index contributed by atoms with van der Waals surface area (Å²) in [7, 11) is -2.88. The van der Waals surface area contributed by atoms with Gasteiger partial charge in [-0.2, -0.15) is 0 Å². The fourth-order valence-corrected chi connectivity index (χ4v) is 4.69. The summed E-state index contributed by atoms with van der Waals surface area (Å²) in [4.78, 5) is 14.2. The number of anilines is 2. The summed E-state index contributed by atoms with van der Waals surface area (Å²) in [6.07, 6.45) is 0. The summed E-state index contributed by atoms with van der Waals surface area (Å²) in [5.74, 6) is -0.146. The molecule has 1 saturated heterocycles. The van der Waals surface area contributed by atoms with Crippen LogP contribution in [0.25, 0.3) is 10.4 Å². The lowest BCUT2D eigenvalue weighted by atomic mass is 10.1. The van der Waals surface area contributed by atoms with E-state index >= 15 is 0 Å². The number of benzene rings is 1. The van der Waals surface area contributed by atoms with Gasteiger partial charge in [0.15, 0.2) is 9.84 Å². The molecule has 23 heavy (non-hydrogen) atoms. The Morgan fingerprint density at radius 1 is 1.13 bits per heavy atom. The summed E-state index contributed by atoms with van der Waals surface area (Å²) in [6, 6.07) is 9.48. The van der Waals surface area contributed by atoms with Crippen molar-refractivity contribution in [2.75, 3.05) is 35.2 Å². The molecule has 2 heterocycles. The number of sulfone groups is 1. The van der Waals surface area contributed by atoms with Gasteiger partial charge in [0.2, 0.25) is 0 Å². The molecule has 3 rings (SSSR count). The molecule has 1 aliphatic rings. The van der Waals surface area contributed by atoms with E-state index in [1.807, 2.05) is 24.3 Å². The van der Waals surface area contributed by atoms with E-state index < -0.39 is 15.7 Å². The molecule has 1 aliphatic heterocycles. The molecule has 1 aromatic carbocycles. The van der Waals surface area contributed by atoms with Crippen LogP contribution in [-0.4, -0.2) is 38.9 Å². The summed E-state index contributed by atoms with van der Waals surface area (Å²) >= 11 is 1.32. The van der Waals surface area contributed by atoms with Gasteiger partial charge in [0.1, 0.15) is 0 Å². The van der Waals surface area contributed by atoms with E-state index in [0.717, 1.165) is 16.1 Å². The molecule has 1 aromatic heterocycles. The summed E-state index contributed by atoms with van der Waals surface area (Å²) < 4.78 is 23.0.